The highest BCUT2D eigenvalue weighted by Gasteiger charge is 2.23. The Morgan fingerprint density at radius 2 is 2.00 bits per heavy atom. The molecular weight excluding hydrogens is 270 g/mol. The third kappa shape index (κ3) is 3.64. The topological polar surface area (TPSA) is 98.4 Å². The molecular formula is C12H15NO7. The van der Waals surface area contributed by atoms with Crippen molar-refractivity contribution in [2.75, 3.05) is 26.3 Å². The molecule has 1 aromatic rings. The van der Waals surface area contributed by atoms with Crippen molar-refractivity contribution in [3.05, 3.63) is 17.9 Å². The molecule has 8 heteroatoms. The minimum Gasteiger partial charge on any atom is -0.481 e. The Morgan fingerprint density at radius 1 is 1.30 bits per heavy atom. The van der Waals surface area contributed by atoms with Crippen molar-refractivity contribution < 1.29 is 33.3 Å². The molecule has 0 aromatic carbocycles. The number of ether oxygens (including phenoxy) is 3. The number of amides is 1. The Balaban J connectivity index is 1.81. The van der Waals surface area contributed by atoms with Gasteiger partial charge in [0.05, 0.1) is 13.2 Å². The first-order valence-corrected chi connectivity index (χ1v) is 6.09. The standard InChI is InChI=1S/C12H15NO7/c1-8(18-11(15)9-2-3-10(14)20-9)19-12(16)13-4-6-17-7-5-13/h2-3,8,14H,4-7H2,1H3. The summed E-state index contributed by atoms with van der Waals surface area (Å²) in [4.78, 5) is 24.8. The summed E-state index contributed by atoms with van der Waals surface area (Å²) in [7, 11) is 0. The molecule has 0 spiro atoms. The molecule has 1 aromatic heterocycles. The van der Waals surface area contributed by atoms with Gasteiger partial charge in [0.1, 0.15) is 0 Å². The third-order valence-corrected chi connectivity index (χ3v) is 2.60. The molecule has 1 fully saturated rings. The lowest BCUT2D eigenvalue weighted by Gasteiger charge is -2.27. The number of nitrogens with zero attached hydrogens (tertiary/aromatic N) is 1. The van der Waals surface area contributed by atoms with Crippen molar-refractivity contribution in [1.29, 1.82) is 0 Å². The molecule has 1 aliphatic rings. The number of hydrogen-bond donors (Lipinski definition) is 1. The minimum atomic E-state index is -1.06. The first-order valence-electron chi connectivity index (χ1n) is 6.09. The Bertz CT molecular complexity index is 478. The Kier molecular flexibility index (Phi) is 4.46. The van der Waals surface area contributed by atoms with Crippen LogP contribution in [0.5, 0.6) is 5.95 Å². The highest BCUT2D eigenvalue weighted by atomic mass is 16.7. The van der Waals surface area contributed by atoms with E-state index < -0.39 is 24.3 Å². The van der Waals surface area contributed by atoms with Crippen LogP contribution >= 0.6 is 0 Å². The van der Waals surface area contributed by atoms with Gasteiger partial charge in [0.15, 0.2) is 0 Å². The van der Waals surface area contributed by atoms with Gasteiger partial charge in [-0.2, -0.15) is 0 Å². The fourth-order valence-electron chi connectivity index (χ4n) is 1.63. The minimum absolute atomic E-state index is 0.170. The highest BCUT2D eigenvalue weighted by molar-refractivity contribution is 5.86. The number of carbonyl (C=O) groups is 2. The molecule has 1 unspecified atom stereocenters. The number of hydrogen-bond acceptors (Lipinski definition) is 7. The lowest BCUT2D eigenvalue weighted by Crippen LogP contribution is -2.42. The van der Waals surface area contributed by atoms with Gasteiger partial charge in [-0.05, 0) is 6.07 Å². The fourth-order valence-corrected chi connectivity index (χ4v) is 1.63. The molecule has 1 saturated heterocycles. The quantitative estimate of drug-likeness (QED) is 0.652. The van der Waals surface area contributed by atoms with Gasteiger partial charge in [-0.15, -0.1) is 0 Å². The van der Waals surface area contributed by atoms with E-state index in [1.807, 2.05) is 0 Å². The van der Waals surface area contributed by atoms with E-state index in [1.165, 1.54) is 24.0 Å². The van der Waals surface area contributed by atoms with Gasteiger partial charge in [-0.1, -0.05) is 0 Å². The second kappa shape index (κ2) is 6.29. The zero-order valence-electron chi connectivity index (χ0n) is 10.9. The lowest BCUT2D eigenvalue weighted by molar-refractivity contribution is -0.0768. The molecule has 110 valence electrons. The molecule has 20 heavy (non-hydrogen) atoms. The van der Waals surface area contributed by atoms with E-state index >= 15 is 0 Å². The van der Waals surface area contributed by atoms with E-state index in [1.54, 1.807) is 0 Å². The molecule has 1 atom stereocenters. The van der Waals surface area contributed by atoms with Crippen LogP contribution in [-0.4, -0.2) is 54.7 Å². The summed E-state index contributed by atoms with van der Waals surface area (Å²) in [6.45, 7) is 3.19. The second-order valence-corrected chi connectivity index (χ2v) is 4.09. The molecule has 0 bridgehead atoms. The van der Waals surface area contributed by atoms with Crippen LogP contribution in [0, 0.1) is 0 Å². The van der Waals surface area contributed by atoms with Crippen molar-refractivity contribution in [1.82, 2.24) is 4.90 Å². The van der Waals surface area contributed by atoms with Crippen molar-refractivity contribution in [2.24, 2.45) is 0 Å². The predicted octanol–water partition coefficient (Wildman–Crippen LogP) is 0.957. The fraction of sp³-hybridized carbons (Fsp3) is 0.500. The summed E-state index contributed by atoms with van der Waals surface area (Å²) in [6, 6.07) is 2.47. The van der Waals surface area contributed by atoms with Gasteiger partial charge in [0.2, 0.25) is 12.1 Å². The van der Waals surface area contributed by atoms with E-state index in [0.29, 0.717) is 26.3 Å². The SMILES string of the molecule is CC(OC(=O)c1ccc(O)o1)OC(=O)N1CCOCC1. The van der Waals surface area contributed by atoms with Gasteiger partial charge >= 0.3 is 12.1 Å². The van der Waals surface area contributed by atoms with Gasteiger partial charge in [-0.25, -0.2) is 9.59 Å². The Labute approximate surface area is 114 Å². The van der Waals surface area contributed by atoms with E-state index in [2.05, 4.69) is 4.42 Å². The summed E-state index contributed by atoms with van der Waals surface area (Å²) >= 11 is 0. The van der Waals surface area contributed by atoms with Gasteiger partial charge in [0.25, 0.3) is 5.95 Å². The Morgan fingerprint density at radius 3 is 2.60 bits per heavy atom. The number of morpholine rings is 1. The summed E-state index contributed by atoms with van der Waals surface area (Å²) in [5, 5.41) is 8.97. The smallest absolute Gasteiger partial charge is 0.413 e. The van der Waals surface area contributed by atoms with Crippen LogP contribution in [-0.2, 0) is 14.2 Å². The molecule has 1 N–H and O–H groups in total. The van der Waals surface area contributed by atoms with Crippen LogP contribution < -0.4 is 0 Å². The van der Waals surface area contributed by atoms with E-state index in [-0.39, 0.29) is 5.76 Å². The van der Waals surface area contributed by atoms with Crippen LogP contribution in [0.1, 0.15) is 17.5 Å². The second-order valence-electron chi connectivity index (χ2n) is 4.09. The first kappa shape index (κ1) is 14.2. The van der Waals surface area contributed by atoms with Gasteiger partial charge < -0.3 is 28.6 Å². The molecule has 0 radical (unpaired) electrons. The van der Waals surface area contributed by atoms with Crippen molar-refractivity contribution in [2.45, 2.75) is 13.2 Å². The molecule has 1 aliphatic heterocycles. The largest absolute Gasteiger partial charge is 0.481 e. The monoisotopic (exact) mass is 285 g/mol. The normalized spacial score (nSPS) is 16.6. The van der Waals surface area contributed by atoms with Crippen LogP contribution in [0.4, 0.5) is 4.79 Å². The van der Waals surface area contributed by atoms with E-state index in [0.717, 1.165) is 0 Å². The zero-order chi connectivity index (χ0) is 14.5. The molecule has 0 aliphatic carbocycles. The van der Waals surface area contributed by atoms with Gasteiger partial charge in [-0.3, -0.25) is 0 Å². The van der Waals surface area contributed by atoms with Crippen LogP contribution in [0.3, 0.4) is 0 Å². The highest BCUT2D eigenvalue weighted by Crippen LogP contribution is 2.15. The summed E-state index contributed by atoms with van der Waals surface area (Å²) in [5.74, 6) is -1.39. The summed E-state index contributed by atoms with van der Waals surface area (Å²) in [6.07, 6.45) is -1.64. The average Bonchev–Trinajstić information content (AvgIpc) is 2.86. The number of carbonyl (C=O) groups excluding carboxylic acids is 2. The molecule has 2 rings (SSSR count). The maximum Gasteiger partial charge on any atom is 0.413 e. The predicted molar refractivity (Wildman–Crippen MR) is 64.1 cm³/mol. The Hall–Kier alpha value is -2.22. The molecule has 1 amide bonds. The number of esters is 1. The van der Waals surface area contributed by atoms with Crippen LogP contribution in [0.15, 0.2) is 16.5 Å². The van der Waals surface area contributed by atoms with Crippen LogP contribution in [0.25, 0.3) is 0 Å². The van der Waals surface area contributed by atoms with Crippen molar-refractivity contribution >= 4 is 12.1 Å². The first-order chi connectivity index (χ1) is 9.56. The average molecular weight is 285 g/mol. The summed E-state index contributed by atoms with van der Waals surface area (Å²) < 4.78 is 19.6. The van der Waals surface area contributed by atoms with Gasteiger partial charge in [0, 0.05) is 26.1 Å². The zero-order valence-corrected chi connectivity index (χ0v) is 10.9. The number of furan rings is 1. The van der Waals surface area contributed by atoms with Crippen molar-refractivity contribution in [3.63, 3.8) is 0 Å². The molecule has 0 saturated carbocycles. The lowest BCUT2D eigenvalue weighted by atomic mass is 10.4. The maximum atomic E-state index is 11.7. The van der Waals surface area contributed by atoms with Crippen LogP contribution in [0.2, 0.25) is 0 Å². The molecule has 2 heterocycles. The summed E-state index contributed by atoms with van der Waals surface area (Å²) in [5.41, 5.74) is 0. The number of rotatable bonds is 3. The molecule has 8 nitrogen and oxygen atoms in total. The van der Waals surface area contributed by atoms with E-state index in [4.69, 9.17) is 19.3 Å². The third-order valence-electron chi connectivity index (χ3n) is 2.60. The van der Waals surface area contributed by atoms with Crippen molar-refractivity contribution in [3.8, 4) is 5.95 Å². The maximum absolute atomic E-state index is 11.7. The number of aromatic hydroxyl groups is 1. The van der Waals surface area contributed by atoms with E-state index in [9.17, 15) is 9.59 Å².